The first kappa shape index (κ1) is 13.1. The third-order valence-electron chi connectivity index (χ3n) is 4.08. The predicted molar refractivity (Wildman–Crippen MR) is 82.6 cm³/mol. The molecule has 1 aromatic rings. The van der Waals surface area contributed by atoms with Crippen LogP contribution in [0, 0.1) is 9.49 Å². The summed E-state index contributed by atoms with van der Waals surface area (Å²) in [6, 6.07) is 10.1. The highest BCUT2D eigenvalue weighted by atomic mass is 127. The van der Waals surface area contributed by atoms with Crippen LogP contribution in [0.4, 0.5) is 5.69 Å². The van der Waals surface area contributed by atoms with Crippen LogP contribution in [-0.2, 0) is 0 Å². The number of piperidine rings is 1. The van der Waals surface area contributed by atoms with E-state index in [1.165, 1.54) is 15.7 Å². The van der Waals surface area contributed by atoms with Gasteiger partial charge in [0, 0.05) is 27.9 Å². The topological polar surface area (TPSA) is 15.3 Å². The quantitative estimate of drug-likeness (QED) is 0.830. The molecular formula is C14H21IN2. The number of benzene rings is 1. The van der Waals surface area contributed by atoms with Crippen LogP contribution in [0.15, 0.2) is 24.3 Å². The Labute approximate surface area is 118 Å². The first-order valence-corrected chi connectivity index (χ1v) is 7.41. The zero-order chi connectivity index (χ0) is 12.4. The zero-order valence-electron chi connectivity index (χ0n) is 10.8. The van der Waals surface area contributed by atoms with Crippen molar-refractivity contribution >= 4 is 28.3 Å². The van der Waals surface area contributed by atoms with Crippen molar-refractivity contribution in [3.8, 4) is 0 Å². The summed E-state index contributed by atoms with van der Waals surface area (Å²) < 4.78 is 1.32. The van der Waals surface area contributed by atoms with Crippen LogP contribution >= 0.6 is 22.6 Å². The highest BCUT2D eigenvalue weighted by molar-refractivity contribution is 14.1. The second-order valence-corrected chi connectivity index (χ2v) is 6.20. The van der Waals surface area contributed by atoms with Crippen molar-refractivity contribution in [3.05, 3.63) is 27.8 Å². The molecule has 1 aliphatic heterocycles. The van der Waals surface area contributed by atoms with Crippen LogP contribution < -0.4 is 10.2 Å². The molecule has 1 N–H and O–H groups in total. The molecule has 3 unspecified atom stereocenters. The van der Waals surface area contributed by atoms with Crippen LogP contribution in [0.5, 0.6) is 0 Å². The normalized spacial score (nSPS) is 29.4. The average Bonchev–Trinajstić information content (AvgIpc) is 2.32. The first-order chi connectivity index (χ1) is 8.13. The maximum Gasteiger partial charge on any atom is 0.0379 e. The van der Waals surface area contributed by atoms with Gasteiger partial charge in [-0.1, -0.05) is 13.0 Å². The minimum atomic E-state index is 0.597. The van der Waals surface area contributed by atoms with Crippen molar-refractivity contribution in [3.63, 3.8) is 0 Å². The summed E-state index contributed by atoms with van der Waals surface area (Å²) in [6.07, 6.45) is 1.23. The number of nitrogens with one attached hydrogen (secondary N) is 1. The molecule has 0 amide bonds. The van der Waals surface area contributed by atoms with E-state index in [-0.39, 0.29) is 0 Å². The molecule has 2 rings (SSSR count). The lowest BCUT2D eigenvalue weighted by molar-refractivity contribution is 0.282. The van der Waals surface area contributed by atoms with Crippen molar-refractivity contribution in [2.75, 3.05) is 18.5 Å². The van der Waals surface area contributed by atoms with Gasteiger partial charge in [0.05, 0.1) is 0 Å². The van der Waals surface area contributed by atoms with Gasteiger partial charge in [-0.3, -0.25) is 0 Å². The van der Waals surface area contributed by atoms with Gasteiger partial charge in [-0.15, -0.1) is 0 Å². The molecule has 0 radical (unpaired) electrons. The second kappa shape index (κ2) is 5.57. The fourth-order valence-corrected chi connectivity index (χ4v) is 3.32. The third kappa shape index (κ3) is 2.76. The fourth-order valence-electron chi connectivity index (χ4n) is 2.79. The molecule has 2 nitrogen and oxygen atoms in total. The molecule has 0 aromatic heterocycles. The maximum atomic E-state index is 3.44. The van der Waals surface area contributed by atoms with E-state index in [1.54, 1.807) is 0 Å². The first-order valence-electron chi connectivity index (χ1n) is 6.33. The summed E-state index contributed by atoms with van der Waals surface area (Å²) >= 11 is 2.39. The minimum Gasteiger partial charge on any atom is -0.368 e. The Hall–Kier alpha value is -0.290. The van der Waals surface area contributed by atoms with E-state index < -0.39 is 0 Å². The molecule has 94 valence electrons. The Bertz CT molecular complexity index is 380. The van der Waals surface area contributed by atoms with E-state index in [4.69, 9.17) is 0 Å². The molecule has 1 aliphatic rings. The molecule has 0 aliphatic carbocycles. The summed E-state index contributed by atoms with van der Waals surface area (Å²) in [6.45, 7) is 5.84. The van der Waals surface area contributed by atoms with E-state index in [9.17, 15) is 0 Å². The fraction of sp³-hybridized carbons (Fsp3) is 0.571. The van der Waals surface area contributed by atoms with Gasteiger partial charge in [-0.2, -0.15) is 0 Å². The number of anilines is 1. The monoisotopic (exact) mass is 344 g/mol. The van der Waals surface area contributed by atoms with Gasteiger partial charge in [0.15, 0.2) is 0 Å². The number of hydrogen-bond donors (Lipinski definition) is 1. The molecule has 1 fully saturated rings. The summed E-state index contributed by atoms with van der Waals surface area (Å²) in [4.78, 5) is 2.54. The van der Waals surface area contributed by atoms with Gasteiger partial charge in [0.1, 0.15) is 0 Å². The summed E-state index contributed by atoms with van der Waals surface area (Å²) in [5.41, 5.74) is 1.37. The lowest BCUT2D eigenvalue weighted by atomic mass is 9.87. The Morgan fingerprint density at radius 3 is 2.76 bits per heavy atom. The molecule has 1 aromatic carbocycles. The van der Waals surface area contributed by atoms with E-state index in [0.29, 0.717) is 18.0 Å². The zero-order valence-corrected chi connectivity index (χ0v) is 12.9. The molecule has 17 heavy (non-hydrogen) atoms. The van der Waals surface area contributed by atoms with Gasteiger partial charge in [-0.05, 0) is 67.1 Å². The second-order valence-electron chi connectivity index (χ2n) is 4.96. The maximum absolute atomic E-state index is 3.44. The lowest BCUT2D eigenvalue weighted by Gasteiger charge is -2.44. The molecule has 3 heteroatoms. The smallest absolute Gasteiger partial charge is 0.0379 e. The van der Waals surface area contributed by atoms with Crippen molar-refractivity contribution in [2.24, 2.45) is 5.92 Å². The van der Waals surface area contributed by atoms with Gasteiger partial charge in [0.25, 0.3) is 0 Å². The van der Waals surface area contributed by atoms with Crippen LogP contribution in [0.25, 0.3) is 0 Å². The third-order valence-corrected chi connectivity index (χ3v) is 4.75. The Kier molecular flexibility index (Phi) is 4.31. The van der Waals surface area contributed by atoms with Gasteiger partial charge in [0.2, 0.25) is 0 Å². The number of hydrogen-bond acceptors (Lipinski definition) is 2. The van der Waals surface area contributed by atoms with Crippen LogP contribution in [-0.4, -0.2) is 25.7 Å². The Morgan fingerprint density at radius 1 is 1.35 bits per heavy atom. The molecule has 1 saturated heterocycles. The van der Waals surface area contributed by atoms with Gasteiger partial charge in [-0.25, -0.2) is 0 Å². The van der Waals surface area contributed by atoms with Crippen molar-refractivity contribution in [2.45, 2.75) is 32.4 Å². The predicted octanol–water partition coefficient (Wildman–Crippen LogP) is 3.11. The van der Waals surface area contributed by atoms with Crippen molar-refractivity contribution in [1.29, 1.82) is 0 Å². The molecular weight excluding hydrogens is 323 g/mol. The SMILES string of the molecule is CNC1CCN(c2cccc(I)c2)C(C)C1C. The van der Waals surface area contributed by atoms with E-state index in [1.807, 2.05) is 0 Å². The summed E-state index contributed by atoms with van der Waals surface area (Å²) in [5, 5.41) is 3.44. The van der Waals surface area contributed by atoms with E-state index in [0.717, 1.165) is 6.54 Å². The highest BCUT2D eigenvalue weighted by Crippen LogP contribution is 2.29. The molecule has 3 atom stereocenters. The largest absolute Gasteiger partial charge is 0.368 e. The molecule has 0 saturated carbocycles. The number of halogens is 1. The molecule has 0 spiro atoms. The van der Waals surface area contributed by atoms with E-state index >= 15 is 0 Å². The van der Waals surface area contributed by atoms with Crippen molar-refractivity contribution in [1.82, 2.24) is 5.32 Å². The Balaban J connectivity index is 2.18. The average molecular weight is 344 g/mol. The number of rotatable bonds is 2. The molecule has 1 heterocycles. The number of nitrogens with zero attached hydrogens (tertiary/aromatic N) is 1. The van der Waals surface area contributed by atoms with E-state index in [2.05, 4.69) is 78.0 Å². The summed E-state index contributed by atoms with van der Waals surface area (Å²) in [7, 11) is 2.08. The van der Waals surface area contributed by atoms with Crippen LogP contribution in [0.3, 0.4) is 0 Å². The van der Waals surface area contributed by atoms with Gasteiger partial charge < -0.3 is 10.2 Å². The highest BCUT2D eigenvalue weighted by Gasteiger charge is 2.31. The van der Waals surface area contributed by atoms with Gasteiger partial charge >= 0.3 is 0 Å². The lowest BCUT2D eigenvalue weighted by Crippen LogP contribution is -2.52. The summed E-state index contributed by atoms with van der Waals surface area (Å²) in [5.74, 6) is 0.687. The minimum absolute atomic E-state index is 0.597. The Morgan fingerprint density at radius 2 is 2.12 bits per heavy atom. The molecule has 0 bridgehead atoms. The van der Waals surface area contributed by atoms with Crippen LogP contribution in [0.2, 0.25) is 0 Å². The standard InChI is InChI=1S/C14H21IN2/c1-10-11(2)17(8-7-14(10)16-3)13-6-4-5-12(15)9-13/h4-6,9-11,14,16H,7-8H2,1-3H3. The van der Waals surface area contributed by atoms with Crippen molar-refractivity contribution < 1.29 is 0 Å². The van der Waals surface area contributed by atoms with Crippen LogP contribution in [0.1, 0.15) is 20.3 Å².